The minimum Gasteiger partial charge on any atom is -0.378 e. The Kier molecular flexibility index (Phi) is 5.85. The molecule has 0 aliphatic carbocycles. The topological polar surface area (TPSA) is 35.6 Å². The molecule has 4 heteroatoms. The molecule has 1 N–H and O–H groups in total. The van der Waals surface area contributed by atoms with Gasteiger partial charge < -0.3 is 15.1 Å². The van der Waals surface area contributed by atoms with E-state index in [0.717, 1.165) is 16.8 Å². The smallest absolute Gasteiger partial charge is 0.317 e. The third-order valence-electron chi connectivity index (χ3n) is 4.21. The van der Waals surface area contributed by atoms with E-state index in [4.69, 9.17) is 0 Å². The first kappa shape index (κ1) is 17.9. The maximum absolute atomic E-state index is 12.4. The number of anilines is 1. The molecule has 0 saturated carbocycles. The molecule has 0 saturated heterocycles. The number of benzene rings is 2. The zero-order valence-corrected chi connectivity index (χ0v) is 15.2. The highest BCUT2D eigenvalue weighted by Crippen LogP contribution is 2.17. The van der Waals surface area contributed by atoms with Gasteiger partial charge in [-0.2, -0.15) is 0 Å². The van der Waals surface area contributed by atoms with Gasteiger partial charge >= 0.3 is 6.03 Å². The second kappa shape index (κ2) is 7.86. The van der Waals surface area contributed by atoms with Crippen molar-refractivity contribution in [2.24, 2.45) is 0 Å². The molecule has 0 bridgehead atoms. The molecule has 128 valence electrons. The van der Waals surface area contributed by atoms with Gasteiger partial charge in [0.15, 0.2) is 0 Å². The molecule has 0 radical (unpaired) electrons. The molecule has 0 fully saturated rings. The number of amides is 2. The lowest BCUT2D eigenvalue weighted by Gasteiger charge is -2.23. The van der Waals surface area contributed by atoms with Gasteiger partial charge in [-0.25, -0.2) is 4.79 Å². The Balaban J connectivity index is 1.95. The maximum Gasteiger partial charge on any atom is 0.317 e. The van der Waals surface area contributed by atoms with E-state index in [1.807, 2.05) is 40.2 Å². The Labute approximate surface area is 145 Å². The van der Waals surface area contributed by atoms with Gasteiger partial charge in [-0.1, -0.05) is 36.4 Å². The van der Waals surface area contributed by atoms with Crippen molar-refractivity contribution in [2.45, 2.75) is 26.4 Å². The Morgan fingerprint density at radius 2 is 1.67 bits per heavy atom. The number of hydrogen-bond donors (Lipinski definition) is 1. The quantitative estimate of drug-likeness (QED) is 0.903. The molecule has 1 unspecified atom stereocenters. The van der Waals surface area contributed by atoms with Crippen LogP contribution < -0.4 is 10.2 Å². The molecule has 24 heavy (non-hydrogen) atoms. The molecule has 2 aromatic carbocycles. The summed E-state index contributed by atoms with van der Waals surface area (Å²) < 4.78 is 0. The van der Waals surface area contributed by atoms with Crippen molar-refractivity contribution in [3.05, 3.63) is 65.2 Å². The van der Waals surface area contributed by atoms with Gasteiger partial charge in [0.25, 0.3) is 0 Å². The van der Waals surface area contributed by atoms with Gasteiger partial charge in [0, 0.05) is 33.4 Å². The molecule has 0 spiro atoms. The van der Waals surface area contributed by atoms with Gasteiger partial charge in [-0.15, -0.1) is 0 Å². The fourth-order valence-electron chi connectivity index (χ4n) is 2.69. The summed E-state index contributed by atoms with van der Waals surface area (Å²) in [6, 6.07) is 16.3. The molecular formula is C20H27N3O. The first-order valence-corrected chi connectivity index (χ1v) is 8.22. The third-order valence-corrected chi connectivity index (χ3v) is 4.21. The van der Waals surface area contributed by atoms with E-state index < -0.39 is 0 Å². The van der Waals surface area contributed by atoms with Crippen LogP contribution in [-0.4, -0.2) is 32.1 Å². The zero-order valence-electron chi connectivity index (χ0n) is 15.2. The lowest BCUT2D eigenvalue weighted by Crippen LogP contribution is -2.38. The number of rotatable bonds is 5. The summed E-state index contributed by atoms with van der Waals surface area (Å²) in [7, 11) is 5.85. The number of hydrogen-bond acceptors (Lipinski definition) is 2. The molecule has 0 aromatic heterocycles. The molecule has 2 aromatic rings. The van der Waals surface area contributed by atoms with E-state index in [1.54, 1.807) is 4.90 Å². The summed E-state index contributed by atoms with van der Waals surface area (Å²) in [5.41, 5.74) is 4.60. The Morgan fingerprint density at radius 3 is 2.25 bits per heavy atom. The number of nitrogens with zero attached hydrogens (tertiary/aromatic N) is 2. The van der Waals surface area contributed by atoms with Crippen LogP contribution in [0, 0.1) is 6.92 Å². The van der Waals surface area contributed by atoms with Gasteiger partial charge in [-0.05, 0) is 42.7 Å². The van der Waals surface area contributed by atoms with Crippen LogP contribution in [0.5, 0.6) is 0 Å². The Morgan fingerprint density at radius 1 is 1.04 bits per heavy atom. The second-order valence-corrected chi connectivity index (χ2v) is 6.44. The number of aryl methyl sites for hydroxylation is 1. The van der Waals surface area contributed by atoms with Crippen LogP contribution in [0.15, 0.2) is 48.5 Å². The van der Waals surface area contributed by atoms with E-state index in [0.29, 0.717) is 6.54 Å². The molecule has 0 heterocycles. The van der Waals surface area contributed by atoms with Crippen molar-refractivity contribution in [3.8, 4) is 0 Å². The summed E-state index contributed by atoms with van der Waals surface area (Å²) in [6.07, 6.45) is 0. The lowest BCUT2D eigenvalue weighted by atomic mass is 10.0. The first-order chi connectivity index (χ1) is 11.4. The molecule has 2 amide bonds. The highest BCUT2D eigenvalue weighted by Gasteiger charge is 2.14. The molecule has 2 rings (SSSR count). The molecule has 1 atom stereocenters. The number of carbonyl (C=O) groups excluding carboxylic acids is 1. The molecular weight excluding hydrogens is 298 g/mol. The lowest BCUT2D eigenvalue weighted by molar-refractivity contribution is 0.203. The SMILES string of the molecule is Cc1ccccc1C(C)NC(=O)N(C)Cc1ccc(N(C)C)cc1. The van der Waals surface area contributed by atoms with Crippen LogP contribution in [0.4, 0.5) is 10.5 Å². The molecule has 0 aliphatic rings. The second-order valence-electron chi connectivity index (χ2n) is 6.44. The predicted octanol–water partition coefficient (Wildman–Crippen LogP) is 3.96. The van der Waals surface area contributed by atoms with Crippen LogP contribution in [0.25, 0.3) is 0 Å². The predicted molar refractivity (Wildman–Crippen MR) is 100 cm³/mol. The normalized spacial score (nSPS) is 11.7. The van der Waals surface area contributed by atoms with Crippen molar-refractivity contribution in [1.82, 2.24) is 10.2 Å². The van der Waals surface area contributed by atoms with Crippen molar-refractivity contribution in [2.75, 3.05) is 26.0 Å². The van der Waals surface area contributed by atoms with Crippen LogP contribution in [-0.2, 0) is 6.54 Å². The number of nitrogens with one attached hydrogen (secondary N) is 1. The summed E-state index contributed by atoms with van der Waals surface area (Å²) in [5, 5.41) is 3.07. The monoisotopic (exact) mass is 325 g/mol. The van der Waals surface area contributed by atoms with Crippen LogP contribution in [0.3, 0.4) is 0 Å². The largest absolute Gasteiger partial charge is 0.378 e. The standard InChI is InChI=1S/C20H27N3O/c1-15-8-6-7-9-19(15)16(2)21-20(24)23(5)14-17-10-12-18(13-11-17)22(3)4/h6-13,16H,14H2,1-5H3,(H,21,24). The third kappa shape index (κ3) is 4.51. The van der Waals surface area contributed by atoms with Crippen LogP contribution in [0.1, 0.15) is 29.7 Å². The van der Waals surface area contributed by atoms with Gasteiger partial charge in [0.1, 0.15) is 0 Å². The fraction of sp³-hybridized carbons (Fsp3) is 0.350. The number of carbonyl (C=O) groups is 1. The van der Waals surface area contributed by atoms with Crippen molar-refractivity contribution in [1.29, 1.82) is 0 Å². The van der Waals surface area contributed by atoms with Crippen LogP contribution in [0.2, 0.25) is 0 Å². The maximum atomic E-state index is 12.4. The van der Waals surface area contributed by atoms with E-state index in [9.17, 15) is 4.79 Å². The van der Waals surface area contributed by atoms with Crippen molar-refractivity contribution >= 4 is 11.7 Å². The highest BCUT2D eigenvalue weighted by atomic mass is 16.2. The zero-order chi connectivity index (χ0) is 17.7. The first-order valence-electron chi connectivity index (χ1n) is 8.22. The molecule has 4 nitrogen and oxygen atoms in total. The number of urea groups is 1. The summed E-state index contributed by atoms with van der Waals surface area (Å²) in [4.78, 5) is 16.2. The average Bonchev–Trinajstić information content (AvgIpc) is 2.55. The van der Waals surface area contributed by atoms with E-state index in [1.165, 1.54) is 5.56 Å². The van der Waals surface area contributed by atoms with Gasteiger partial charge in [-0.3, -0.25) is 0 Å². The fourth-order valence-corrected chi connectivity index (χ4v) is 2.69. The van der Waals surface area contributed by atoms with Gasteiger partial charge in [0.2, 0.25) is 0 Å². The summed E-state index contributed by atoms with van der Waals surface area (Å²) in [6.45, 7) is 4.66. The Hall–Kier alpha value is -2.49. The van der Waals surface area contributed by atoms with Crippen molar-refractivity contribution < 1.29 is 4.79 Å². The highest BCUT2D eigenvalue weighted by molar-refractivity contribution is 5.74. The van der Waals surface area contributed by atoms with Crippen molar-refractivity contribution in [3.63, 3.8) is 0 Å². The molecule has 0 aliphatic heterocycles. The van der Waals surface area contributed by atoms with E-state index in [-0.39, 0.29) is 12.1 Å². The minimum atomic E-state index is -0.0672. The summed E-state index contributed by atoms with van der Waals surface area (Å²) >= 11 is 0. The average molecular weight is 325 g/mol. The minimum absolute atomic E-state index is 0.0164. The van der Waals surface area contributed by atoms with E-state index >= 15 is 0 Å². The van der Waals surface area contributed by atoms with Crippen LogP contribution >= 0.6 is 0 Å². The summed E-state index contributed by atoms with van der Waals surface area (Å²) in [5.74, 6) is 0. The Bertz CT molecular complexity index is 680. The van der Waals surface area contributed by atoms with Gasteiger partial charge in [0.05, 0.1) is 6.04 Å². The van der Waals surface area contributed by atoms with E-state index in [2.05, 4.69) is 53.5 Å².